The fourth-order valence-electron chi connectivity index (χ4n) is 3.54. The summed E-state index contributed by atoms with van der Waals surface area (Å²) in [6.07, 6.45) is 4.05. The number of rotatable bonds is 8. The lowest BCUT2D eigenvalue weighted by molar-refractivity contribution is 0.0952. The Kier molecular flexibility index (Phi) is 5.70. The highest BCUT2D eigenvalue weighted by Gasteiger charge is 2.16. The Morgan fingerprint density at radius 2 is 1.90 bits per heavy atom. The number of para-hydroxylation sites is 2. The first kappa shape index (κ1) is 18.9. The van der Waals surface area contributed by atoms with Gasteiger partial charge in [-0.1, -0.05) is 49.4 Å². The van der Waals surface area contributed by atoms with Crippen molar-refractivity contribution in [2.24, 2.45) is 0 Å². The normalized spacial score (nSPS) is 11.1. The summed E-state index contributed by atoms with van der Waals surface area (Å²) in [5.74, 6) is 0.885. The van der Waals surface area contributed by atoms with E-state index in [9.17, 15) is 4.79 Å². The lowest BCUT2D eigenvalue weighted by atomic mass is 10.1. The van der Waals surface area contributed by atoms with Crippen molar-refractivity contribution in [1.82, 2.24) is 25.1 Å². The fraction of sp³-hybridized carbons (Fsp3) is 0.261. The number of H-pyrrole nitrogens is 1. The number of hydrogen-bond acceptors (Lipinski definition) is 3. The molecule has 0 bridgehead atoms. The van der Waals surface area contributed by atoms with Crippen LogP contribution in [0.5, 0.6) is 0 Å². The standard InChI is InChI=1S/C23H25N5O/c1-2-21-18(15-25-28(21)16-17-9-4-3-5-10-17)23(29)24-14-8-13-22-26-19-11-6-7-12-20(19)27-22/h3-7,9-12,15H,2,8,13-14,16H2,1H3,(H,24,29)(H,26,27). The number of benzene rings is 2. The highest BCUT2D eigenvalue weighted by Crippen LogP contribution is 2.13. The zero-order valence-corrected chi connectivity index (χ0v) is 16.6. The third-order valence-electron chi connectivity index (χ3n) is 5.02. The molecule has 0 saturated heterocycles. The molecule has 6 nitrogen and oxygen atoms in total. The van der Waals surface area contributed by atoms with E-state index in [0.717, 1.165) is 41.8 Å². The maximum absolute atomic E-state index is 12.7. The molecular formula is C23H25N5O. The van der Waals surface area contributed by atoms with Gasteiger partial charge >= 0.3 is 0 Å². The van der Waals surface area contributed by atoms with Crippen molar-refractivity contribution in [1.29, 1.82) is 0 Å². The second-order valence-corrected chi connectivity index (χ2v) is 7.06. The van der Waals surface area contributed by atoms with Gasteiger partial charge in [0.1, 0.15) is 5.82 Å². The number of fused-ring (bicyclic) bond motifs is 1. The summed E-state index contributed by atoms with van der Waals surface area (Å²) in [6, 6.07) is 18.2. The van der Waals surface area contributed by atoms with Gasteiger partial charge in [-0.25, -0.2) is 4.98 Å². The SMILES string of the molecule is CCc1c(C(=O)NCCCc2nc3ccccc3[nH]2)cnn1Cc1ccccc1. The third kappa shape index (κ3) is 4.37. The van der Waals surface area contributed by atoms with Gasteiger partial charge in [0, 0.05) is 13.0 Å². The summed E-state index contributed by atoms with van der Waals surface area (Å²) in [6.45, 7) is 3.32. The van der Waals surface area contributed by atoms with E-state index in [1.807, 2.05) is 47.1 Å². The Bertz CT molecular complexity index is 1060. The lowest BCUT2D eigenvalue weighted by Crippen LogP contribution is -2.25. The van der Waals surface area contributed by atoms with E-state index in [1.54, 1.807) is 6.20 Å². The lowest BCUT2D eigenvalue weighted by Gasteiger charge is -2.08. The van der Waals surface area contributed by atoms with E-state index < -0.39 is 0 Å². The number of carbonyl (C=O) groups is 1. The average molecular weight is 387 g/mol. The molecule has 1 amide bonds. The quantitative estimate of drug-likeness (QED) is 0.452. The summed E-state index contributed by atoms with van der Waals surface area (Å²) in [5.41, 5.74) is 4.81. The molecule has 2 aromatic carbocycles. The van der Waals surface area contributed by atoms with E-state index in [0.29, 0.717) is 18.7 Å². The maximum Gasteiger partial charge on any atom is 0.254 e. The van der Waals surface area contributed by atoms with Crippen LogP contribution in [0.2, 0.25) is 0 Å². The van der Waals surface area contributed by atoms with Gasteiger partial charge in [0.05, 0.1) is 35.0 Å². The predicted octanol–water partition coefficient (Wildman–Crippen LogP) is 3.73. The fourth-order valence-corrected chi connectivity index (χ4v) is 3.54. The topological polar surface area (TPSA) is 75.6 Å². The van der Waals surface area contributed by atoms with Gasteiger partial charge in [0.15, 0.2) is 0 Å². The monoisotopic (exact) mass is 387 g/mol. The van der Waals surface area contributed by atoms with Crippen molar-refractivity contribution < 1.29 is 4.79 Å². The van der Waals surface area contributed by atoms with Gasteiger partial charge < -0.3 is 10.3 Å². The Morgan fingerprint density at radius 3 is 2.69 bits per heavy atom. The molecule has 6 heteroatoms. The molecule has 2 heterocycles. The van der Waals surface area contributed by atoms with E-state index >= 15 is 0 Å². The number of aromatic amines is 1. The van der Waals surface area contributed by atoms with Gasteiger partial charge in [-0.05, 0) is 30.5 Å². The molecule has 0 aliphatic heterocycles. The van der Waals surface area contributed by atoms with Crippen LogP contribution in [0.25, 0.3) is 11.0 Å². The molecule has 4 aromatic rings. The number of imidazole rings is 1. The van der Waals surface area contributed by atoms with E-state index in [1.165, 1.54) is 5.56 Å². The molecule has 0 aliphatic carbocycles. The number of nitrogens with one attached hydrogen (secondary N) is 2. The van der Waals surface area contributed by atoms with Crippen molar-refractivity contribution in [2.75, 3.05) is 6.54 Å². The van der Waals surface area contributed by atoms with Gasteiger partial charge in [-0.2, -0.15) is 5.10 Å². The number of aromatic nitrogens is 4. The van der Waals surface area contributed by atoms with E-state index in [4.69, 9.17) is 0 Å². The molecule has 0 fully saturated rings. The zero-order chi connectivity index (χ0) is 20.1. The first-order valence-electron chi connectivity index (χ1n) is 10.0. The number of aryl methyl sites for hydroxylation is 1. The van der Waals surface area contributed by atoms with Crippen LogP contribution in [0, 0.1) is 0 Å². The first-order chi connectivity index (χ1) is 14.2. The van der Waals surface area contributed by atoms with Gasteiger partial charge in [0.25, 0.3) is 5.91 Å². The minimum Gasteiger partial charge on any atom is -0.352 e. The molecule has 0 saturated carbocycles. The molecule has 4 rings (SSSR count). The summed E-state index contributed by atoms with van der Waals surface area (Å²) in [7, 11) is 0. The Balaban J connectivity index is 1.33. The van der Waals surface area contributed by atoms with E-state index in [2.05, 4.69) is 39.4 Å². The summed E-state index contributed by atoms with van der Waals surface area (Å²) in [5, 5.41) is 7.47. The molecule has 0 spiro atoms. The number of carbonyl (C=O) groups excluding carboxylic acids is 1. The highest BCUT2D eigenvalue weighted by atomic mass is 16.1. The molecule has 2 N–H and O–H groups in total. The van der Waals surface area contributed by atoms with E-state index in [-0.39, 0.29) is 5.91 Å². The minimum atomic E-state index is -0.0641. The summed E-state index contributed by atoms with van der Waals surface area (Å²) in [4.78, 5) is 20.6. The predicted molar refractivity (Wildman–Crippen MR) is 114 cm³/mol. The number of amides is 1. The van der Waals surface area contributed by atoms with Crippen LogP contribution >= 0.6 is 0 Å². The molecule has 29 heavy (non-hydrogen) atoms. The van der Waals surface area contributed by atoms with Crippen LogP contribution in [-0.2, 0) is 19.4 Å². The molecule has 0 atom stereocenters. The molecule has 148 valence electrons. The van der Waals surface area contributed by atoms with Crippen LogP contribution in [0.4, 0.5) is 0 Å². The Morgan fingerprint density at radius 1 is 1.10 bits per heavy atom. The summed E-state index contributed by atoms with van der Waals surface area (Å²) >= 11 is 0. The van der Waals surface area contributed by atoms with Crippen LogP contribution in [0.15, 0.2) is 60.8 Å². The molecule has 0 radical (unpaired) electrons. The molecular weight excluding hydrogens is 362 g/mol. The second-order valence-electron chi connectivity index (χ2n) is 7.06. The van der Waals surface area contributed by atoms with Crippen molar-refractivity contribution in [3.63, 3.8) is 0 Å². The molecule has 2 aromatic heterocycles. The number of nitrogens with zero attached hydrogens (tertiary/aromatic N) is 3. The van der Waals surface area contributed by atoms with Crippen LogP contribution < -0.4 is 5.32 Å². The van der Waals surface area contributed by atoms with Crippen molar-refractivity contribution >= 4 is 16.9 Å². The first-order valence-corrected chi connectivity index (χ1v) is 10.0. The third-order valence-corrected chi connectivity index (χ3v) is 5.02. The van der Waals surface area contributed by atoms with Crippen LogP contribution in [-0.4, -0.2) is 32.2 Å². The summed E-state index contributed by atoms with van der Waals surface area (Å²) < 4.78 is 1.92. The Labute approximate surface area is 170 Å². The van der Waals surface area contributed by atoms with Crippen molar-refractivity contribution in [3.8, 4) is 0 Å². The highest BCUT2D eigenvalue weighted by molar-refractivity contribution is 5.95. The minimum absolute atomic E-state index is 0.0641. The number of hydrogen-bond donors (Lipinski definition) is 2. The van der Waals surface area contributed by atoms with Gasteiger partial charge in [-0.3, -0.25) is 9.48 Å². The largest absolute Gasteiger partial charge is 0.352 e. The van der Waals surface area contributed by atoms with Gasteiger partial charge in [-0.15, -0.1) is 0 Å². The van der Waals surface area contributed by atoms with Gasteiger partial charge in [0.2, 0.25) is 0 Å². The van der Waals surface area contributed by atoms with Crippen molar-refractivity contribution in [2.45, 2.75) is 32.7 Å². The Hall–Kier alpha value is -3.41. The van der Waals surface area contributed by atoms with Crippen molar-refractivity contribution in [3.05, 3.63) is 83.4 Å². The molecule has 0 aliphatic rings. The zero-order valence-electron chi connectivity index (χ0n) is 16.6. The van der Waals surface area contributed by atoms with Crippen LogP contribution in [0.3, 0.4) is 0 Å². The average Bonchev–Trinajstić information content (AvgIpc) is 3.35. The molecule has 0 unspecified atom stereocenters. The smallest absolute Gasteiger partial charge is 0.254 e. The maximum atomic E-state index is 12.7. The second kappa shape index (κ2) is 8.73. The van der Waals surface area contributed by atoms with Crippen LogP contribution in [0.1, 0.15) is 40.8 Å².